The summed E-state index contributed by atoms with van der Waals surface area (Å²) in [4.78, 5) is 10.3. The number of rotatable bonds is 6. The van der Waals surface area contributed by atoms with Crippen LogP contribution < -0.4 is 4.74 Å². The van der Waals surface area contributed by atoms with E-state index in [0.29, 0.717) is 12.2 Å². The van der Waals surface area contributed by atoms with Crippen LogP contribution in [0.3, 0.4) is 0 Å². The van der Waals surface area contributed by atoms with E-state index in [4.69, 9.17) is 4.74 Å². The van der Waals surface area contributed by atoms with Crippen molar-refractivity contribution in [3.63, 3.8) is 0 Å². The average Bonchev–Trinajstić information content (AvgIpc) is 2.59. The number of nitro groups is 1. The van der Waals surface area contributed by atoms with Crippen molar-refractivity contribution in [1.29, 1.82) is 0 Å². The zero-order valence-electron chi connectivity index (χ0n) is 14.5. The summed E-state index contributed by atoms with van der Waals surface area (Å²) in [5.41, 5.74) is 3.75. The van der Waals surface area contributed by atoms with Gasteiger partial charge >= 0.3 is 0 Å². The zero-order valence-corrected chi connectivity index (χ0v) is 14.5. The second kappa shape index (κ2) is 8.15. The minimum Gasteiger partial charge on any atom is -0.504 e. The smallest absolute Gasteiger partial charge is 0.269 e. The van der Waals surface area contributed by atoms with Gasteiger partial charge in [-0.25, -0.2) is 0 Å². The molecule has 25 heavy (non-hydrogen) atoms. The fourth-order valence-corrected chi connectivity index (χ4v) is 2.31. The number of phenolic OH excluding ortho intramolecular Hbond substituents is 1. The Morgan fingerprint density at radius 3 is 2.36 bits per heavy atom. The van der Waals surface area contributed by atoms with E-state index in [-0.39, 0.29) is 11.4 Å². The Balaban J connectivity index is 2.30. The van der Waals surface area contributed by atoms with Crippen molar-refractivity contribution in [2.24, 2.45) is 0 Å². The molecule has 5 nitrogen and oxygen atoms in total. The number of ether oxygens (including phenoxy) is 1. The number of non-ortho nitro benzene ring substituents is 1. The van der Waals surface area contributed by atoms with Crippen molar-refractivity contribution in [2.75, 3.05) is 7.11 Å². The van der Waals surface area contributed by atoms with Crippen LogP contribution in [0.2, 0.25) is 0 Å². The van der Waals surface area contributed by atoms with E-state index < -0.39 is 4.92 Å². The number of phenols is 1. The highest BCUT2D eigenvalue weighted by molar-refractivity contribution is 5.72. The van der Waals surface area contributed by atoms with Gasteiger partial charge in [-0.1, -0.05) is 23.8 Å². The topological polar surface area (TPSA) is 72.6 Å². The van der Waals surface area contributed by atoms with Crippen molar-refractivity contribution in [3.05, 3.63) is 74.9 Å². The van der Waals surface area contributed by atoms with Crippen LogP contribution in [0.1, 0.15) is 30.5 Å². The highest BCUT2D eigenvalue weighted by Crippen LogP contribution is 2.33. The zero-order chi connectivity index (χ0) is 18.4. The van der Waals surface area contributed by atoms with Crippen LogP contribution in [0, 0.1) is 10.1 Å². The molecule has 1 N–H and O–H groups in total. The lowest BCUT2D eigenvalue weighted by Crippen LogP contribution is -1.91. The maximum Gasteiger partial charge on any atom is 0.269 e. The highest BCUT2D eigenvalue weighted by atomic mass is 16.6. The molecule has 2 aromatic rings. The fourth-order valence-electron chi connectivity index (χ4n) is 2.31. The van der Waals surface area contributed by atoms with Crippen LogP contribution in [0.15, 0.2) is 48.0 Å². The molecule has 0 atom stereocenters. The molecule has 2 aromatic carbocycles. The van der Waals surface area contributed by atoms with E-state index in [2.05, 4.69) is 0 Å². The van der Waals surface area contributed by atoms with Gasteiger partial charge in [0.2, 0.25) is 0 Å². The SMILES string of the molecule is COc1cc(/C=C/c2ccc([N+](=O)[O-])cc2)cc(CC=C(C)C)c1O. The van der Waals surface area contributed by atoms with Crippen molar-refractivity contribution in [1.82, 2.24) is 0 Å². The Morgan fingerprint density at radius 2 is 1.80 bits per heavy atom. The lowest BCUT2D eigenvalue weighted by Gasteiger charge is -2.10. The number of hydrogen-bond donors (Lipinski definition) is 1. The Labute approximate surface area is 147 Å². The van der Waals surface area contributed by atoms with Crippen molar-refractivity contribution in [3.8, 4) is 11.5 Å². The molecule has 0 fully saturated rings. The summed E-state index contributed by atoms with van der Waals surface area (Å²) in [6, 6.07) is 9.98. The van der Waals surface area contributed by atoms with Crippen LogP contribution in [0.5, 0.6) is 11.5 Å². The molecule has 0 saturated heterocycles. The number of methoxy groups -OCH3 is 1. The number of benzene rings is 2. The third kappa shape index (κ3) is 4.94. The minimum atomic E-state index is -0.423. The summed E-state index contributed by atoms with van der Waals surface area (Å²) in [6.45, 7) is 4.01. The predicted molar refractivity (Wildman–Crippen MR) is 99.8 cm³/mol. The first-order chi connectivity index (χ1) is 11.9. The summed E-state index contributed by atoms with van der Waals surface area (Å²) >= 11 is 0. The van der Waals surface area contributed by atoms with Crippen molar-refractivity contribution >= 4 is 17.8 Å². The molecule has 0 aromatic heterocycles. The lowest BCUT2D eigenvalue weighted by atomic mass is 10.0. The first-order valence-corrected chi connectivity index (χ1v) is 7.86. The van der Waals surface area contributed by atoms with E-state index in [0.717, 1.165) is 16.7 Å². The number of hydrogen-bond acceptors (Lipinski definition) is 4. The first-order valence-electron chi connectivity index (χ1n) is 7.86. The largest absolute Gasteiger partial charge is 0.504 e. The highest BCUT2D eigenvalue weighted by Gasteiger charge is 2.09. The van der Waals surface area contributed by atoms with Gasteiger partial charge in [0, 0.05) is 17.7 Å². The van der Waals surface area contributed by atoms with Crippen LogP contribution in [-0.2, 0) is 6.42 Å². The monoisotopic (exact) mass is 339 g/mol. The second-order valence-electron chi connectivity index (χ2n) is 5.90. The number of nitro benzene ring substituents is 1. The van der Waals surface area contributed by atoms with Crippen molar-refractivity contribution in [2.45, 2.75) is 20.3 Å². The minimum absolute atomic E-state index is 0.0625. The molecule has 5 heteroatoms. The van der Waals surface area contributed by atoms with Gasteiger partial charge in [0.15, 0.2) is 11.5 Å². The fraction of sp³-hybridized carbons (Fsp3) is 0.200. The maximum atomic E-state index is 10.7. The Bertz CT molecular complexity index is 816. The molecule has 0 radical (unpaired) electrons. The molecule has 130 valence electrons. The molecule has 0 heterocycles. The summed E-state index contributed by atoms with van der Waals surface area (Å²) < 4.78 is 5.25. The van der Waals surface area contributed by atoms with Gasteiger partial charge in [0.25, 0.3) is 5.69 Å². The lowest BCUT2D eigenvalue weighted by molar-refractivity contribution is -0.384. The van der Waals surface area contributed by atoms with Crippen LogP contribution in [0.4, 0.5) is 5.69 Å². The maximum absolute atomic E-state index is 10.7. The van der Waals surface area contributed by atoms with Gasteiger partial charge in [-0.15, -0.1) is 0 Å². The van der Waals surface area contributed by atoms with E-state index >= 15 is 0 Å². The van der Waals surface area contributed by atoms with Gasteiger partial charge in [0.1, 0.15) is 0 Å². The Morgan fingerprint density at radius 1 is 1.16 bits per heavy atom. The van der Waals surface area contributed by atoms with E-state index in [9.17, 15) is 15.2 Å². The van der Waals surface area contributed by atoms with Crippen molar-refractivity contribution < 1.29 is 14.8 Å². The van der Waals surface area contributed by atoms with Crippen LogP contribution in [-0.4, -0.2) is 17.1 Å². The molecule has 0 aliphatic rings. The summed E-state index contributed by atoms with van der Waals surface area (Å²) in [6.07, 6.45) is 6.40. The second-order valence-corrected chi connectivity index (χ2v) is 5.90. The number of aromatic hydroxyl groups is 1. The molecule has 0 bridgehead atoms. The molecular formula is C20H21NO4. The standard InChI is InChI=1S/C20H21NO4/c1-14(2)4-9-17-12-16(13-19(25-3)20(17)22)6-5-15-7-10-18(11-8-15)21(23)24/h4-8,10-13,22H,9H2,1-3H3/b6-5+. The molecule has 0 aliphatic carbocycles. The third-order valence-corrected chi connectivity index (χ3v) is 3.70. The third-order valence-electron chi connectivity index (χ3n) is 3.70. The molecule has 2 rings (SSSR count). The summed E-state index contributed by atoms with van der Waals surface area (Å²) in [7, 11) is 1.52. The summed E-state index contributed by atoms with van der Waals surface area (Å²) in [5.74, 6) is 0.565. The predicted octanol–water partition coefficient (Wildman–Crippen LogP) is 4.99. The Hall–Kier alpha value is -3.08. The summed E-state index contributed by atoms with van der Waals surface area (Å²) in [5, 5.41) is 20.9. The van der Waals surface area contributed by atoms with Crippen LogP contribution >= 0.6 is 0 Å². The van der Waals surface area contributed by atoms with E-state index in [1.54, 1.807) is 18.2 Å². The van der Waals surface area contributed by atoms with Gasteiger partial charge in [-0.3, -0.25) is 10.1 Å². The number of allylic oxidation sites excluding steroid dienone is 2. The number of nitrogens with zero attached hydrogens (tertiary/aromatic N) is 1. The molecular weight excluding hydrogens is 318 g/mol. The van der Waals surface area contributed by atoms with E-state index in [1.165, 1.54) is 24.8 Å². The van der Waals surface area contributed by atoms with Gasteiger partial charge in [-0.2, -0.15) is 0 Å². The Kier molecular flexibility index (Phi) is 5.95. The molecule has 0 saturated carbocycles. The van der Waals surface area contributed by atoms with Gasteiger partial charge in [0.05, 0.1) is 12.0 Å². The average molecular weight is 339 g/mol. The molecule has 0 unspecified atom stereocenters. The molecule has 0 aliphatic heterocycles. The van der Waals surface area contributed by atoms with Gasteiger partial charge < -0.3 is 9.84 Å². The quantitative estimate of drug-likeness (QED) is 0.348. The van der Waals surface area contributed by atoms with Gasteiger partial charge in [-0.05, 0) is 55.7 Å². The first kappa shape index (κ1) is 18.3. The van der Waals surface area contributed by atoms with E-state index in [1.807, 2.05) is 38.1 Å². The molecule has 0 amide bonds. The molecule has 0 spiro atoms. The normalized spacial score (nSPS) is 10.7. The van der Waals surface area contributed by atoms with Crippen LogP contribution in [0.25, 0.3) is 12.2 Å².